The predicted molar refractivity (Wildman–Crippen MR) is 49.1 cm³/mol. The van der Waals surface area contributed by atoms with Crippen molar-refractivity contribution in [3.8, 4) is 0 Å². The molecule has 0 unspecified atom stereocenters. The normalized spacial score (nSPS) is 9.86. The molecule has 1 aromatic carbocycles. The Kier molecular flexibility index (Phi) is 3.39. The lowest BCUT2D eigenvalue weighted by Crippen LogP contribution is -2.26. The summed E-state index contributed by atoms with van der Waals surface area (Å²) in [7, 11) is 0. The molecule has 0 heterocycles. The number of hydrogen-bond donors (Lipinski definition) is 2. The molecule has 14 heavy (non-hydrogen) atoms. The molecule has 76 valence electrons. The minimum Gasteiger partial charge on any atom is -0.396 e. The number of anilines is 1. The van der Waals surface area contributed by atoms with Crippen LogP contribution in [-0.4, -0.2) is 19.1 Å². The van der Waals surface area contributed by atoms with Gasteiger partial charge in [-0.3, -0.25) is 4.79 Å². The summed E-state index contributed by atoms with van der Waals surface area (Å²) in [6.45, 7) is -0.768. The summed E-state index contributed by atoms with van der Waals surface area (Å²) in [4.78, 5) is 11.3. The van der Waals surface area contributed by atoms with E-state index in [1.54, 1.807) is 0 Å². The molecule has 0 spiro atoms. The smallest absolute Gasteiger partial charge is 0.253 e. The first-order valence-electron chi connectivity index (χ1n) is 4.05. The number of benzene rings is 1. The van der Waals surface area contributed by atoms with Crippen LogP contribution in [0.2, 0.25) is 0 Å². The molecule has 1 amide bonds. The predicted octanol–water partition coefficient (Wildman–Crippen LogP) is 1.11. The van der Waals surface area contributed by atoms with E-state index in [4.69, 9.17) is 5.73 Å². The van der Waals surface area contributed by atoms with Crippen molar-refractivity contribution in [3.63, 3.8) is 0 Å². The van der Waals surface area contributed by atoms with E-state index in [1.807, 2.05) is 0 Å². The molecule has 5 heteroatoms. The number of carbonyl (C=O) groups is 1. The lowest BCUT2D eigenvalue weighted by Gasteiger charge is -2.05. The first-order chi connectivity index (χ1) is 6.66. The number of alkyl halides is 1. The highest BCUT2D eigenvalue weighted by Gasteiger charge is 2.11. The SMILES string of the molecule is Nc1c(F)cccc1C(=O)NCCF. The van der Waals surface area contributed by atoms with Crippen molar-refractivity contribution < 1.29 is 13.6 Å². The average Bonchev–Trinajstić information content (AvgIpc) is 2.18. The second-order valence-electron chi connectivity index (χ2n) is 2.65. The van der Waals surface area contributed by atoms with Gasteiger partial charge in [-0.15, -0.1) is 0 Å². The molecule has 0 aliphatic rings. The van der Waals surface area contributed by atoms with Gasteiger partial charge in [-0.2, -0.15) is 0 Å². The molecule has 0 aliphatic heterocycles. The van der Waals surface area contributed by atoms with Gasteiger partial charge in [-0.05, 0) is 12.1 Å². The lowest BCUT2D eigenvalue weighted by atomic mass is 10.1. The van der Waals surface area contributed by atoms with Crippen LogP contribution in [0.15, 0.2) is 18.2 Å². The summed E-state index contributed by atoms with van der Waals surface area (Å²) in [6.07, 6.45) is 0. The quantitative estimate of drug-likeness (QED) is 0.718. The molecule has 3 N–H and O–H groups in total. The second-order valence-corrected chi connectivity index (χ2v) is 2.65. The zero-order valence-electron chi connectivity index (χ0n) is 7.39. The molecule has 0 saturated carbocycles. The van der Waals surface area contributed by atoms with Crippen LogP contribution in [0.4, 0.5) is 14.5 Å². The maximum absolute atomic E-state index is 12.9. The summed E-state index contributed by atoms with van der Waals surface area (Å²) in [5, 5.41) is 2.26. The molecule has 3 nitrogen and oxygen atoms in total. The zero-order valence-corrected chi connectivity index (χ0v) is 7.39. The molecule has 0 saturated heterocycles. The largest absolute Gasteiger partial charge is 0.396 e. The Hall–Kier alpha value is -1.65. The maximum Gasteiger partial charge on any atom is 0.253 e. The summed E-state index contributed by atoms with van der Waals surface area (Å²) in [5.74, 6) is -1.22. The number of nitrogens with two attached hydrogens (primary N) is 1. The first kappa shape index (κ1) is 10.4. The highest BCUT2D eigenvalue weighted by atomic mass is 19.1. The molecular weight excluding hydrogens is 190 g/mol. The molecule has 0 fully saturated rings. The van der Waals surface area contributed by atoms with Crippen LogP contribution in [0.3, 0.4) is 0 Å². The van der Waals surface area contributed by atoms with Crippen LogP contribution in [0.25, 0.3) is 0 Å². The molecule has 0 radical (unpaired) electrons. The van der Waals surface area contributed by atoms with Crippen molar-refractivity contribution in [2.75, 3.05) is 19.0 Å². The zero-order chi connectivity index (χ0) is 10.6. The highest BCUT2D eigenvalue weighted by Crippen LogP contribution is 2.15. The van der Waals surface area contributed by atoms with Gasteiger partial charge in [0.15, 0.2) is 0 Å². The summed E-state index contributed by atoms with van der Waals surface area (Å²) in [5.41, 5.74) is 5.13. The topological polar surface area (TPSA) is 55.1 Å². The molecular formula is C9H10F2N2O. The fourth-order valence-electron chi connectivity index (χ4n) is 0.991. The molecule has 0 aromatic heterocycles. The van der Waals surface area contributed by atoms with Crippen molar-refractivity contribution in [1.82, 2.24) is 5.32 Å². The monoisotopic (exact) mass is 200 g/mol. The van der Waals surface area contributed by atoms with Crippen LogP contribution in [0, 0.1) is 5.82 Å². The summed E-state index contributed by atoms with van der Waals surface area (Å²) < 4.78 is 24.6. The van der Waals surface area contributed by atoms with E-state index < -0.39 is 18.4 Å². The Morgan fingerprint density at radius 2 is 2.21 bits per heavy atom. The fraction of sp³-hybridized carbons (Fsp3) is 0.222. The van der Waals surface area contributed by atoms with Gasteiger partial charge in [0.2, 0.25) is 0 Å². The molecule has 0 atom stereocenters. The molecule has 1 rings (SSSR count). The van der Waals surface area contributed by atoms with Crippen LogP contribution in [0.5, 0.6) is 0 Å². The van der Waals surface area contributed by atoms with Crippen molar-refractivity contribution >= 4 is 11.6 Å². The van der Waals surface area contributed by atoms with E-state index in [-0.39, 0.29) is 17.8 Å². The third kappa shape index (κ3) is 2.18. The number of amides is 1. The number of nitrogen functional groups attached to an aromatic ring is 1. The Labute approximate surface area is 79.9 Å². The van der Waals surface area contributed by atoms with E-state index in [0.717, 1.165) is 6.07 Å². The third-order valence-corrected chi connectivity index (χ3v) is 1.68. The standard InChI is InChI=1S/C9H10F2N2O/c10-4-5-13-9(14)6-2-1-3-7(11)8(6)12/h1-3H,4-5,12H2,(H,13,14). The minimum absolute atomic E-state index is 0.0263. The number of hydrogen-bond acceptors (Lipinski definition) is 2. The molecule has 0 bridgehead atoms. The summed E-state index contributed by atoms with van der Waals surface area (Å²) >= 11 is 0. The molecule has 0 aliphatic carbocycles. The Bertz CT molecular complexity index is 342. The summed E-state index contributed by atoms with van der Waals surface area (Å²) in [6, 6.07) is 3.91. The highest BCUT2D eigenvalue weighted by molar-refractivity contribution is 5.99. The van der Waals surface area contributed by atoms with Crippen LogP contribution < -0.4 is 11.1 Å². The maximum atomic E-state index is 12.9. The molecule has 1 aromatic rings. The van der Waals surface area contributed by atoms with E-state index in [1.165, 1.54) is 12.1 Å². The van der Waals surface area contributed by atoms with Gasteiger partial charge in [-0.25, -0.2) is 8.78 Å². The van der Waals surface area contributed by atoms with Crippen LogP contribution in [0.1, 0.15) is 10.4 Å². The first-order valence-corrected chi connectivity index (χ1v) is 4.05. The average molecular weight is 200 g/mol. The number of halogens is 2. The van der Waals surface area contributed by atoms with Crippen molar-refractivity contribution in [2.24, 2.45) is 0 Å². The van der Waals surface area contributed by atoms with Gasteiger partial charge in [-0.1, -0.05) is 6.07 Å². The number of carbonyl (C=O) groups excluding carboxylic acids is 1. The van der Waals surface area contributed by atoms with Gasteiger partial charge < -0.3 is 11.1 Å². The van der Waals surface area contributed by atoms with E-state index in [2.05, 4.69) is 5.32 Å². The second kappa shape index (κ2) is 4.55. The number of rotatable bonds is 3. The van der Waals surface area contributed by atoms with E-state index >= 15 is 0 Å². The Morgan fingerprint density at radius 1 is 1.50 bits per heavy atom. The number of nitrogens with one attached hydrogen (secondary N) is 1. The van der Waals surface area contributed by atoms with E-state index in [0.29, 0.717) is 0 Å². The van der Waals surface area contributed by atoms with Crippen LogP contribution in [-0.2, 0) is 0 Å². The lowest BCUT2D eigenvalue weighted by molar-refractivity contribution is 0.0951. The van der Waals surface area contributed by atoms with Crippen molar-refractivity contribution in [1.29, 1.82) is 0 Å². The van der Waals surface area contributed by atoms with Crippen LogP contribution >= 0.6 is 0 Å². The Balaban J connectivity index is 2.84. The van der Waals surface area contributed by atoms with Crippen molar-refractivity contribution in [3.05, 3.63) is 29.6 Å². The fourth-order valence-corrected chi connectivity index (χ4v) is 0.991. The number of para-hydroxylation sites is 1. The van der Waals surface area contributed by atoms with Gasteiger partial charge in [0.05, 0.1) is 11.3 Å². The minimum atomic E-state index is -0.666. The van der Waals surface area contributed by atoms with Gasteiger partial charge in [0.1, 0.15) is 12.5 Å². The van der Waals surface area contributed by atoms with Gasteiger partial charge in [0, 0.05) is 6.54 Å². The Morgan fingerprint density at radius 3 is 2.86 bits per heavy atom. The van der Waals surface area contributed by atoms with Crippen molar-refractivity contribution in [2.45, 2.75) is 0 Å². The van der Waals surface area contributed by atoms with E-state index in [9.17, 15) is 13.6 Å². The van der Waals surface area contributed by atoms with Gasteiger partial charge in [0.25, 0.3) is 5.91 Å². The third-order valence-electron chi connectivity index (χ3n) is 1.68. The van der Waals surface area contributed by atoms with Gasteiger partial charge >= 0.3 is 0 Å².